The summed E-state index contributed by atoms with van der Waals surface area (Å²) in [5.74, 6) is -1.63. The van der Waals surface area contributed by atoms with E-state index in [9.17, 15) is 10.0 Å². The number of carboxylic acids is 1. The molecule has 0 heterocycles. The van der Waals surface area contributed by atoms with Crippen LogP contribution in [0, 0.1) is 5.21 Å². The molecule has 0 bridgehead atoms. The fourth-order valence-electron chi connectivity index (χ4n) is 1.38. The van der Waals surface area contributed by atoms with Crippen LogP contribution in [0.15, 0.2) is 60.7 Å². The van der Waals surface area contributed by atoms with Gasteiger partial charge in [-0.1, -0.05) is 36.4 Å². The summed E-state index contributed by atoms with van der Waals surface area (Å²) in [6, 6.07) is 16.9. The minimum atomic E-state index is -1.08. The molecule has 2 rings (SSSR count). The molecular weight excluding hydrogens is 365 g/mol. The standard InChI is InChI=1S/C13H10NO2.C2H4O2.Pd/c15-13(11-7-3-1-4-8-11)14(16)12-9-5-2-6-10-12;1-2(3)4;/h1-10H;1H3,(H,3,4);/q-1;;+2/p-1. The van der Waals surface area contributed by atoms with Crippen LogP contribution in [0.1, 0.15) is 17.3 Å². The van der Waals surface area contributed by atoms with Crippen LogP contribution in [-0.2, 0) is 25.2 Å². The second kappa shape index (κ2) is 9.84. The van der Waals surface area contributed by atoms with Gasteiger partial charge in [-0.2, -0.15) is 0 Å². The Morgan fingerprint density at radius 1 is 0.905 bits per heavy atom. The Labute approximate surface area is 136 Å². The van der Waals surface area contributed by atoms with E-state index in [1.54, 1.807) is 60.7 Å². The number of hydroxylamine groups is 1. The van der Waals surface area contributed by atoms with E-state index in [1.165, 1.54) is 0 Å². The number of carbonyl (C=O) groups excluding carboxylic acids is 2. The molecule has 2 aromatic rings. The van der Waals surface area contributed by atoms with Crippen molar-refractivity contribution in [1.29, 1.82) is 0 Å². The van der Waals surface area contributed by atoms with Gasteiger partial charge in [0.15, 0.2) is 0 Å². The van der Waals surface area contributed by atoms with E-state index in [2.05, 4.69) is 0 Å². The van der Waals surface area contributed by atoms with Gasteiger partial charge in [-0.05, 0) is 31.2 Å². The first-order valence-corrected chi connectivity index (χ1v) is 5.81. The van der Waals surface area contributed by atoms with Gasteiger partial charge in [0.05, 0.1) is 0 Å². The molecule has 0 saturated carbocycles. The molecule has 0 unspecified atom stereocenters. The molecule has 0 fully saturated rings. The van der Waals surface area contributed by atoms with E-state index in [0.29, 0.717) is 16.3 Å². The summed E-state index contributed by atoms with van der Waals surface area (Å²) >= 11 is 0. The number of carbonyl (C=O) groups is 2. The number of rotatable bonds is 2. The Morgan fingerprint density at radius 2 is 1.29 bits per heavy atom. The number of nitrogens with zero attached hydrogens (tertiary/aromatic N) is 1. The zero-order chi connectivity index (χ0) is 15.0. The summed E-state index contributed by atoms with van der Waals surface area (Å²) in [7, 11) is 0. The number of carboxylic acid groups (broad SMARTS) is 1. The third-order valence-corrected chi connectivity index (χ3v) is 2.20. The molecule has 0 atom stereocenters. The molecule has 0 radical (unpaired) electrons. The van der Waals surface area contributed by atoms with Crippen LogP contribution in [-0.4, -0.2) is 11.9 Å². The topological polar surface area (TPSA) is 83.5 Å². The van der Waals surface area contributed by atoms with Crippen molar-refractivity contribution >= 4 is 17.6 Å². The van der Waals surface area contributed by atoms with Crippen molar-refractivity contribution in [2.45, 2.75) is 6.92 Å². The Balaban J connectivity index is 0.000000715. The van der Waals surface area contributed by atoms with Crippen LogP contribution in [0.5, 0.6) is 0 Å². The number of benzene rings is 2. The Kier molecular flexibility index (Phi) is 8.90. The van der Waals surface area contributed by atoms with E-state index in [0.717, 1.165) is 6.92 Å². The second-order valence-electron chi connectivity index (χ2n) is 3.79. The van der Waals surface area contributed by atoms with Gasteiger partial charge in [0.2, 0.25) is 5.91 Å². The van der Waals surface area contributed by atoms with E-state index in [-0.39, 0.29) is 20.4 Å². The van der Waals surface area contributed by atoms with Crippen LogP contribution in [0.4, 0.5) is 5.69 Å². The van der Waals surface area contributed by atoms with E-state index >= 15 is 0 Å². The quantitative estimate of drug-likeness (QED) is 0.587. The summed E-state index contributed by atoms with van der Waals surface area (Å²) in [4.78, 5) is 20.6. The molecule has 1 amide bonds. The molecule has 0 aliphatic heterocycles. The fraction of sp³-hybridized carbons (Fsp3) is 0.0667. The summed E-state index contributed by atoms with van der Waals surface area (Å²) in [5, 5.41) is 21.0. The van der Waals surface area contributed by atoms with Crippen LogP contribution in [0.25, 0.3) is 0 Å². The second-order valence-corrected chi connectivity index (χ2v) is 3.79. The predicted molar refractivity (Wildman–Crippen MR) is 73.7 cm³/mol. The van der Waals surface area contributed by atoms with Crippen molar-refractivity contribution in [2.75, 3.05) is 5.06 Å². The van der Waals surface area contributed by atoms with Gasteiger partial charge in [-0.15, -0.1) is 0 Å². The van der Waals surface area contributed by atoms with Crippen molar-refractivity contribution in [3.8, 4) is 0 Å². The van der Waals surface area contributed by atoms with Crippen LogP contribution >= 0.6 is 0 Å². The number of amides is 1. The monoisotopic (exact) mass is 377 g/mol. The zero-order valence-electron chi connectivity index (χ0n) is 11.2. The van der Waals surface area contributed by atoms with E-state index in [4.69, 9.17) is 9.90 Å². The zero-order valence-corrected chi connectivity index (χ0v) is 12.7. The first-order chi connectivity index (χ1) is 9.52. The minimum absolute atomic E-state index is 0. The van der Waals surface area contributed by atoms with E-state index in [1.807, 2.05) is 0 Å². The molecule has 0 aliphatic carbocycles. The van der Waals surface area contributed by atoms with Gasteiger partial charge in [0, 0.05) is 17.2 Å². The fourth-order valence-corrected chi connectivity index (χ4v) is 1.38. The van der Waals surface area contributed by atoms with Crippen LogP contribution in [0.3, 0.4) is 0 Å². The molecule has 0 aliphatic rings. The Bertz CT molecular complexity index is 556. The predicted octanol–water partition coefficient (Wildman–Crippen LogP) is 1.58. The average Bonchev–Trinajstić information content (AvgIpc) is 2.47. The van der Waals surface area contributed by atoms with Crippen molar-refractivity contribution in [3.05, 3.63) is 71.4 Å². The summed E-state index contributed by atoms with van der Waals surface area (Å²) < 4.78 is 0. The van der Waals surface area contributed by atoms with Gasteiger partial charge in [-0.3, -0.25) is 4.79 Å². The van der Waals surface area contributed by atoms with Gasteiger partial charge < -0.3 is 20.2 Å². The molecule has 0 spiro atoms. The molecule has 0 N–H and O–H groups in total. The summed E-state index contributed by atoms with van der Waals surface area (Å²) in [5.41, 5.74) is 0.734. The van der Waals surface area contributed by atoms with E-state index < -0.39 is 11.9 Å². The molecule has 112 valence electrons. The Morgan fingerprint density at radius 3 is 1.71 bits per heavy atom. The van der Waals surface area contributed by atoms with Crippen molar-refractivity contribution in [2.24, 2.45) is 0 Å². The number of hydrogen-bond donors (Lipinski definition) is 0. The molecule has 6 heteroatoms. The van der Waals surface area contributed by atoms with Crippen LogP contribution in [0.2, 0.25) is 0 Å². The number of anilines is 1. The molecule has 0 aromatic heterocycles. The SMILES string of the molecule is CC(=O)[O-].O=C(c1ccccc1)N([O-])c1ccccc1.[Pd+2]. The van der Waals surface area contributed by atoms with Crippen molar-refractivity contribution < 1.29 is 35.1 Å². The number of aliphatic carboxylic acids is 1. The smallest absolute Gasteiger partial charge is 0.751 e. The van der Waals surface area contributed by atoms with Gasteiger partial charge >= 0.3 is 20.4 Å². The average molecular weight is 378 g/mol. The largest absolute Gasteiger partial charge is 2.00 e. The third kappa shape index (κ3) is 6.82. The van der Waals surface area contributed by atoms with Crippen LogP contribution < -0.4 is 10.2 Å². The molecular formula is C15H13NO4Pd. The first kappa shape index (κ1) is 19.0. The summed E-state index contributed by atoms with van der Waals surface area (Å²) in [6.45, 7) is 0.972. The van der Waals surface area contributed by atoms with Gasteiger partial charge in [0.1, 0.15) is 0 Å². The molecule has 2 aromatic carbocycles. The van der Waals surface area contributed by atoms with Gasteiger partial charge in [-0.25, -0.2) is 0 Å². The molecule has 0 saturated heterocycles. The maximum Gasteiger partial charge on any atom is 2.00 e. The first-order valence-electron chi connectivity index (χ1n) is 5.81. The normalized spacial score (nSPS) is 8.67. The number of hydrogen-bond acceptors (Lipinski definition) is 4. The number of para-hydroxylation sites is 1. The van der Waals surface area contributed by atoms with Gasteiger partial charge in [0.25, 0.3) is 0 Å². The Hall–Kier alpha value is -2.00. The minimum Gasteiger partial charge on any atom is -0.751 e. The summed E-state index contributed by atoms with van der Waals surface area (Å²) in [6.07, 6.45) is 0. The maximum atomic E-state index is 11.8. The third-order valence-electron chi connectivity index (χ3n) is 2.20. The molecule has 21 heavy (non-hydrogen) atoms. The maximum absolute atomic E-state index is 11.8. The van der Waals surface area contributed by atoms with Crippen molar-refractivity contribution in [1.82, 2.24) is 0 Å². The molecule has 5 nitrogen and oxygen atoms in total. The van der Waals surface area contributed by atoms with Crippen molar-refractivity contribution in [3.63, 3.8) is 0 Å².